The third kappa shape index (κ3) is 4.58. The minimum atomic E-state index is -3.26. The molecule has 1 aromatic carbocycles. The second-order valence-corrected chi connectivity index (χ2v) is 11.5. The molecule has 0 aliphatic carbocycles. The first-order valence-electron chi connectivity index (χ1n) is 11.9. The van der Waals surface area contributed by atoms with Crippen LogP contribution in [-0.4, -0.2) is 51.9 Å². The van der Waals surface area contributed by atoms with Crippen LogP contribution in [0.15, 0.2) is 47.9 Å². The minimum Gasteiger partial charge on any atom is -0.362 e. The van der Waals surface area contributed by atoms with Crippen molar-refractivity contribution in [3.8, 4) is 11.3 Å². The van der Waals surface area contributed by atoms with Crippen LogP contribution in [0.3, 0.4) is 0 Å². The van der Waals surface area contributed by atoms with Crippen molar-refractivity contribution in [2.24, 2.45) is 5.92 Å². The predicted molar refractivity (Wildman–Crippen MR) is 137 cm³/mol. The molecule has 3 aromatic heterocycles. The summed E-state index contributed by atoms with van der Waals surface area (Å²) in [5, 5.41) is 11.2. The van der Waals surface area contributed by atoms with E-state index in [2.05, 4.69) is 44.5 Å². The molecule has 5 rings (SSSR count). The van der Waals surface area contributed by atoms with Crippen LogP contribution in [-0.2, 0) is 27.6 Å². The highest BCUT2D eigenvalue weighted by Crippen LogP contribution is 2.34. The molecular weight excluding hydrogens is 478 g/mol. The van der Waals surface area contributed by atoms with Crippen molar-refractivity contribution >= 4 is 32.6 Å². The third-order valence-electron chi connectivity index (χ3n) is 6.56. The van der Waals surface area contributed by atoms with E-state index >= 15 is 0 Å². The van der Waals surface area contributed by atoms with Crippen LogP contribution >= 0.6 is 0 Å². The standard InChI is InChI=1S/C25H29N7O3S/c1-15(2)23(17-7-6-16-5-4-8-36(34,35)21(16)9-17)31-25-19-10-20(30-24(19)27-14-28-25)18-11-29-32(12-18)13-22(33)26-3/h6-7,9-12,14-15,23H,4-5,8,13H2,1-3H3,(H,26,33)(H2,27,28,30,31)/t23-/m1/s1. The fraction of sp³-hybridized carbons (Fsp3) is 0.360. The predicted octanol–water partition coefficient (Wildman–Crippen LogP) is 3.10. The van der Waals surface area contributed by atoms with E-state index in [1.54, 1.807) is 24.1 Å². The maximum Gasteiger partial charge on any atom is 0.241 e. The Labute approximate surface area is 209 Å². The second-order valence-electron chi connectivity index (χ2n) is 9.42. The van der Waals surface area contributed by atoms with Gasteiger partial charge in [0.1, 0.15) is 24.3 Å². The average Bonchev–Trinajstić information content (AvgIpc) is 3.49. The Kier molecular flexibility index (Phi) is 6.25. The van der Waals surface area contributed by atoms with Gasteiger partial charge in [0.25, 0.3) is 0 Å². The molecule has 0 saturated heterocycles. The van der Waals surface area contributed by atoms with Gasteiger partial charge >= 0.3 is 0 Å². The quantitative estimate of drug-likeness (QED) is 0.350. The Morgan fingerprint density at radius 3 is 2.83 bits per heavy atom. The monoisotopic (exact) mass is 507 g/mol. The highest BCUT2D eigenvalue weighted by atomic mass is 32.2. The van der Waals surface area contributed by atoms with E-state index in [4.69, 9.17) is 0 Å². The number of anilines is 1. The number of H-pyrrole nitrogens is 1. The van der Waals surface area contributed by atoms with Gasteiger partial charge in [0.2, 0.25) is 5.91 Å². The molecule has 0 fully saturated rings. The van der Waals surface area contributed by atoms with Crippen LogP contribution in [0.5, 0.6) is 0 Å². The van der Waals surface area contributed by atoms with Gasteiger partial charge in [-0.3, -0.25) is 9.48 Å². The van der Waals surface area contributed by atoms with Crippen molar-refractivity contribution in [1.29, 1.82) is 0 Å². The minimum absolute atomic E-state index is 0.131. The van der Waals surface area contributed by atoms with Crippen molar-refractivity contribution in [3.63, 3.8) is 0 Å². The molecule has 0 saturated carbocycles. The molecule has 4 heterocycles. The number of aromatic nitrogens is 5. The highest BCUT2D eigenvalue weighted by Gasteiger charge is 2.26. The van der Waals surface area contributed by atoms with E-state index in [1.165, 1.54) is 6.33 Å². The fourth-order valence-electron chi connectivity index (χ4n) is 4.63. The van der Waals surface area contributed by atoms with Gasteiger partial charge in [0.05, 0.1) is 34.0 Å². The molecule has 0 spiro atoms. The molecule has 1 amide bonds. The number of hydrogen-bond donors (Lipinski definition) is 3. The summed E-state index contributed by atoms with van der Waals surface area (Å²) < 4.78 is 27.0. The van der Waals surface area contributed by atoms with Crippen molar-refractivity contribution in [2.75, 3.05) is 18.1 Å². The third-order valence-corrected chi connectivity index (χ3v) is 8.43. The Balaban J connectivity index is 1.47. The average molecular weight is 508 g/mol. The first-order valence-corrected chi connectivity index (χ1v) is 13.6. The molecular formula is C25H29N7O3S. The van der Waals surface area contributed by atoms with Crippen molar-refractivity contribution in [2.45, 2.75) is 44.2 Å². The zero-order valence-corrected chi connectivity index (χ0v) is 21.3. The second kappa shape index (κ2) is 9.38. The van der Waals surface area contributed by atoms with Crippen molar-refractivity contribution in [1.82, 2.24) is 30.0 Å². The van der Waals surface area contributed by atoms with Crippen molar-refractivity contribution in [3.05, 3.63) is 54.1 Å². The summed E-state index contributed by atoms with van der Waals surface area (Å²) in [7, 11) is -1.67. The summed E-state index contributed by atoms with van der Waals surface area (Å²) >= 11 is 0. The van der Waals surface area contributed by atoms with Crippen LogP contribution in [0, 0.1) is 5.92 Å². The van der Waals surface area contributed by atoms with Gasteiger partial charge in [-0.25, -0.2) is 18.4 Å². The smallest absolute Gasteiger partial charge is 0.241 e. The number of amides is 1. The Bertz CT molecular complexity index is 1540. The van der Waals surface area contributed by atoms with Gasteiger partial charge in [-0.2, -0.15) is 5.10 Å². The van der Waals surface area contributed by atoms with Crippen LogP contribution in [0.4, 0.5) is 5.82 Å². The maximum absolute atomic E-state index is 12.7. The summed E-state index contributed by atoms with van der Waals surface area (Å²) in [6, 6.07) is 7.58. The van der Waals surface area contributed by atoms with Gasteiger partial charge < -0.3 is 15.6 Å². The number of carbonyl (C=O) groups excluding carboxylic acids is 1. The Hall–Kier alpha value is -3.73. The molecule has 1 aliphatic heterocycles. The van der Waals surface area contributed by atoms with Gasteiger partial charge in [-0.1, -0.05) is 26.0 Å². The highest BCUT2D eigenvalue weighted by molar-refractivity contribution is 7.91. The lowest BCUT2D eigenvalue weighted by Crippen LogP contribution is -2.23. The molecule has 0 bridgehead atoms. The molecule has 4 aromatic rings. The zero-order chi connectivity index (χ0) is 25.4. The topological polar surface area (TPSA) is 135 Å². The Morgan fingerprint density at radius 1 is 1.22 bits per heavy atom. The van der Waals surface area contributed by atoms with Crippen LogP contribution in [0.1, 0.15) is 37.4 Å². The van der Waals surface area contributed by atoms with E-state index in [9.17, 15) is 13.2 Å². The molecule has 36 heavy (non-hydrogen) atoms. The number of likely N-dealkylation sites (N-methyl/N-ethyl adjacent to an activating group) is 1. The van der Waals surface area contributed by atoms with Gasteiger partial charge in [-0.15, -0.1) is 0 Å². The number of aryl methyl sites for hydroxylation is 1. The van der Waals surface area contributed by atoms with Gasteiger partial charge in [-0.05, 0) is 42.0 Å². The number of hydrogen-bond acceptors (Lipinski definition) is 7. The SMILES string of the molecule is CNC(=O)Cn1cc(-c2cc3c(N[C@@H](c4ccc5c(c4)S(=O)(=O)CCC5)C(C)C)ncnc3[nH]2)cn1. The summed E-state index contributed by atoms with van der Waals surface area (Å²) in [5.74, 6) is 0.885. The van der Waals surface area contributed by atoms with E-state index in [1.807, 2.05) is 24.3 Å². The van der Waals surface area contributed by atoms with Gasteiger partial charge in [0.15, 0.2) is 9.84 Å². The lowest BCUT2D eigenvalue weighted by Gasteiger charge is -2.26. The first kappa shape index (κ1) is 24.0. The number of benzene rings is 1. The maximum atomic E-state index is 12.7. The number of nitrogens with zero attached hydrogens (tertiary/aromatic N) is 4. The molecule has 1 aliphatic rings. The van der Waals surface area contributed by atoms with Crippen LogP contribution in [0.2, 0.25) is 0 Å². The molecule has 3 N–H and O–H groups in total. The largest absolute Gasteiger partial charge is 0.362 e. The van der Waals surface area contributed by atoms with E-state index in [0.717, 1.165) is 34.2 Å². The number of nitrogens with one attached hydrogen (secondary N) is 3. The summed E-state index contributed by atoms with van der Waals surface area (Å²) in [4.78, 5) is 24.3. The summed E-state index contributed by atoms with van der Waals surface area (Å²) in [5.41, 5.74) is 4.09. The lowest BCUT2D eigenvalue weighted by molar-refractivity contribution is -0.121. The summed E-state index contributed by atoms with van der Waals surface area (Å²) in [6.07, 6.45) is 6.44. The van der Waals surface area contributed by atoms with E-state index in [-0.39, 0.29) is 30.2 Å². The molecule has 11 heteroatoms. The number of aromatic amines is 1. The molecule has 10 nitrogen and oxygen atoms in total. The number of carbonyl (C=O) groups is 1. The number of fused-ring (bicyclic) bond motifs is 2. The Morgan fingerprint density at radius 2 is 2.06 bits per heavy atom. The van der Waals surface area contributed by atoms with E-state index in [0.29, 0.717) is 22.8 Å². The van der Waals surface area contributed by atoms with Crippen LogP contribution < -0.4 is 10.6 Å². The first-order chi connectivity index (χ1) is 17.2. The number of rotatable bonds is 7. The lowest BCUT2D eigenvalue weighted by atomic mass is 9.94. The summed E-state index contributed by atoms with van der Waals surface area (Å²) in [6.45, 7) is 4.32. The number of sulfone groups is 1. The molecule has 0 radical (unpaired) electrons. The fourth-order valence-corrected chi connectivity index (χ4v) is 6.26. The van der Waals surface area contributed by atoms with Crippen LogP contribution in [0.25, 0.3) is 22.3 Å². The molecule has 1 atom stereocenters. The molecule has 188 valence electrons. The zero-order valence-electron chi connectivity index (χ0n) is 20.4. The van der Waals surface area contributed by atoms with Gasteiger partial charge in [0, 0.05) is 18.8 Å². The molecule has 0 unspecified atom stereocenters. The van der Waals surface area contributed by atoms with Crippen molar-refractivity contribution < 1.29 is 13.2 Å². The van der Waals surface area contributed by atoms with E-state index < -0.39 is 9.84 Å². The normalized spacial score (nSPS) is 15.6.